The third-order valence-corrected chi connectivity index (χ3v) is 8.12. The number of nitrogens with zero attached hydrogens (tertiary/aromatic N) is 5. The topological polar surface area (TPSA) is 55.7 Å². The van der Waals surface area contributed by atoms with Crippen LogP contribution in [0.1, 0.15) is 25.0 Å². The van der Waals surface area contributed by atoms with Gasteiger partial charge < -0.3 is 18.9 Å². The highest BCUT2D eigenvalue weighted by Crippen LogP contribution is 2.34. The molecule has 192 valence electrons. The highest BCUT2D eigenvalue weighted by molar-refractivity contribution is 5.86. The van der Waals surface area contributed by atoms with E-state index in [1.54, 1.807) is 14.2 Å². The average molecular weight is 498 g/mol. The van der Waals surface area contributed by atoms with Gasteiger partial charge in [0.1, 0.15) is 11.3 Å². The van der Waals surface area contributed by atoms with Gasteiger partial charge in [0.05, 0.1) is 31.1 Å². The summed E-state index contributed by atoms with van der Waals surface area (Å²) in [5.74, 6) is 2.26. The molecule has 2 fully saturated rings. The Labute approximate surface area is 218 Å². The smallest absolute Gasteiger partial charge is 0.161 e. The summed E-state index contributed by atoms with van der Waals surface area (Å²) < 4.78 is 13.0. The number of rotatable bonds is 6. The lowest BCUT2D eigenvalue weighted by atomic mass is 9.91. The van der Waals surface area contributed by atoms with Crippen molar-refractivity contribution in [3.05, 3.63) is 54.2 Å². The number of anilines is 1. The van der Waals surface area contributed by atoms with Crippen LogP contribution in [0.15, 0.2) is 48.5 Å². The van der Waals surface area contributed by atoms with Crippen molar-refractivity contribution < 1.29 is 9.47 Å². The fourth-order valence-electron chi connectivity index (χ4n) is 5.66. The summed E-state index contributed by atoms with van der Waals surface area (Å²) in [6, 6.07) is 17.8. The minimum absolute atomic E-state index is 0.687. The molecule has 7 nitrogen and oxygen atoms in total. The molecule has 0 spiro atoms. The van der Waals surface area contributed by atoms with Crippen LogP contribution in [0.5, 0.6) is 11.5 Å². The quantitative estimate of drug-likeness (QED) is 0.360. The average Bonchev–Trinajstić information content (AvgIpc) is 3.24. The van der Waals surface area contributed by atoms with Gasteiger partial charge in [0.2, 0.25) is 0 Å². The maximum absolute atomic E-state index is 5.51. The first kappa shape index (κ1) is 23.8. The van der Waals surface area contributed by atoms with Gasteiger partial charge in [-0.2, -0.15) is 0 Å². The van der Waals surface area contributed by atoms with E-state index >= 15 is 0 Å². The first-order valence-corrected chi connectivity index (χ1v) is 13.2. The van der Waals surface area contributed by atoms with Crippen LogP contribution in [-0.2, 0) is 7.05 Å². The van der Waals surface area contributed by atoms with Gasteiger partial charge in [-0.3, -0.25) is 9.88 Å². The minimum Gasteiger partial charge on any atom is -0.493 e. The molecule has 0 bridgehead atoms. The molecule has 7 heteroatoms. The molecular formula is C30H35N5O2. The second-order valence-electron chi connectivity index (χ2n) is 10.2. The second kappa shape index (κ2) is 9.71. The van der Waals surface area contributed by atoms with Crippen LogP contribution in [0, 0.1) is 6.92 Å². The molecule has 37 heavy (non-hydrogen) atoms. The van der Waals surface area contributed by atoms with E-state index in [-0.39, 0.29) is 0 Å². The van der Waals surface area contributed by atoms with Crippen LogP contribution in [0.4, 0.5) is 5.69 Å². The van der Waals surface area contributed by atoms with Gasteiger partial charge in [-0.15, -0.1) is 0 Å². The Morgan fingerprint density at radius 3 is 2.16 bits per heavy atom. The Kier molecular flexibility index (Phi) is 6.24. The molecule has 6 rings (SSSR count). The van der Waals surface area contributed by atoms with Gasteiger partial charge in [-0.05, 0) is 56.2 Å². The number of pyridine rings is 1. The van der Waals surface area contributed by atoms with E-state index in [0.717, 1.165) is 58.5 Å². The Balaban J connectivity index is 1.26. The van der Waals surface area contributed by atoms with E-state index in [9.17, 15) is 0 Å². The van der Waals surface area contributed by atoms with Crippen molar-refractivity contribution in [2.75, 3.05) is 45.3 Å². The number of imidazole rings is 1. The highest BCUT2D eigenvalue weighted by atomic mass is 16.5. The van der Waals surface area contributed by atoms with E-state index in [1.807, 2.05) is 25.1 Å². The van der Waals surface area contributed by atoms with Gasteiger partial charge in [-0.25, -0.2) is 4.98 Å². The summed E-state index contributed by atoms with van der Waals surface area (Å²) in [6.07, 6.45) is 4.18. The Morgan fingerprint density at radius 2 is 1.51 bits per heavy atom. The molecule has 1 saturated heterocycles. The fourth-order valence-corrected chi connectivity index (χ4v) is 5.66. The lowest BCUT2D eigenvalue weighted by Gasteiger charge is -2.43. The molecular weight excluding hydrogens is 462 g/mol. The number of aryl methyl sites for hydroxylation is 2. The zero-order valence-corrected chi connectivity index (χ0v) is 22.2. The first-order chi connectivity index (χ1) is 18.1. The molecule has 0 unspecified atom stereocenters. The van der Waals surface area contributed by atoms with E-state index in [2.05, 4.69) is 51.7 Å². The van der Waals surface area contributed by atoms with E-state index < -0.39 is 0 Å². The molecule has 1 aliphatic heterocycles. The minimum atomic E-state index is 0.687. The van der Waals surface area contributed by atoms with Crippen molar-refractivity contribution in [3.63, 3.8) is 0 Å². The first-order valence-electron chi connectivity index (χ1n) is 13.2. The Bertz CT molecular complexity index is 1420. The zero-order chi connectivity index (χ0) is 25.5. The lowest BCUT2D eigenvalue weighted by Crippen LogP contribution is -2.52. The molecule has 0 N–H and O–H groups in total. The lowest BCUT2D eigenvalue weighted by molar-refractivity contribution is 0.120. The number of ether oxygens (including phenoxy) is 2. The van der Waals surface area contributed by atoms with Crippen molar-refractivity contribution in [1.29, 1.82) is 0 Å². The van der Waals surface area contributed by atoms with Crippen LogP contribution >= 0.6 is 0 Å². The van der Waals surface area contributed by atoms with Gasteiger partial charge in [-0.1, -0.05) is 18.6 Å². The van der Waals surface area contributed by atoms with Crippen molar-refractivity contribution in [2.45, 2.75) is 32.2 Å². The van der Waals surface area contributed by atoms with Gasteiger partial charge in [0.15, 0.2) is 11.5 Å². The number of piperazine rings is 1. The molecule has 2 aromatic carbocycles. The van der Waals surface area contributed by atoms with Crippen molar-refractivity contribution >= 4 is 16.7 Å². The molecule has 0 atom stereocenters. The molecule has 3 heterocycles. The second-order valence-corrected chi connectivity index (χ2v) is 10.2. The summed E-state index contributed by atoms with van der Waals surface area (Å²) in [7, 11) is 5.35. The van der Waals surface area contributed by atoms with Crippen LogP contribution in [0.25, 0.3) is 33.7 Å². The molecule has 0 amide bonds. The summed E-state index contributed by atoms with van der Waals surface area (Å²) in [5, 5.41) is 0. The maximum Gasteiger partial charge on any atom is 0.161 e. The Hall–Kier alpha value is -3.58. The predicted molar refractivity (Wildman–Crippen MR) is 149 cm³/mol. The van der Waals surface area contributed by atoms with E-state index in [0.29, 0.717) is 11.5 Å². The monoisotopic (exact) mass is 497 g/mol. The number of hydrogen-bond acceptors (Lipinski definition) is 6. The third kappa shape index (κ3) is 4.31. The molecule has 0 radical (unpaired) electrons. The number of aromatic nitrogens is 3. The van der Waals surface area contributed by atoms with Crippen molar-refractivity contribution in [1.82, 2.24) is 19.4 Å². The number of benzene rings is 2. The predicted octanol–water partition coefficient (Wildman–Crippen LogP) is 5.30. The zero-order valence-electron chi connectivity index (χ0n) is 22.2. The number of methoxy groups -OCH3 is 2. The van der Waals surface area contributed by atoms with Crippen LogP contribution in [-0.4, -0.2) is 65.9 Å². The SMILES string of the molecule is COc1ccc(-c2nc3c(C)nc(-c4ccc(N5CCN(C6CCC6)CC5)cc4)cc3n2C)cc1OC. The summed E-state index contributed by atoms with van der Waals surface area (Å²) in [6.45, 7) is 6.59. The molecule has 2 aliphatic rings. The standard InChI is InChI=1S/C30H35N5O2/c1-20-29-26(33(2)30(32-29)22-10-13-27(36-3)28(18-22)37-4)19-25(31-20)21-8-11-24(12-9-21)35-16-14-34(15-17-35)23-6-5-7-23/h8-13,18-19,23H,5-7,14-17H2,1-4H3. The molecule has 2 aromatic heterocycles. The number of hydrogen-bond donors (Lipinski definition) is 0. The van der Waals surface area contributed by atoms with Crippen molar-refractivity contribution in [2.24, 2.45) is 7.05 Å². The Morgan fingerprint density at radius 1 is 0.811 bits per heavy atom. The molecule has 1 aliphatic carbocycles. The van der Waals surface area contributed by atoms with Gasteiger partial charge in [0, 0.05) is 56.1 Å². The largest absolute Gasteiger partial charge is 0.493 e. The van der Waals surface area contributed by atoms with E-state index in [1.165, 1.54) is 38.0 Å². The fraction of sp³-hybridized carbons (Fsp3) is 0.400. The van der Waals surface area contributed by atoms with Crippen LogP contribution < -0.4 is 14.4 Å². The molecule has 4 aromatic rings. The number of fused-ring (bicyclic) bond motifs is 1. The highest BCUT2D eigenvalue weighted by Gasteiger charge is 2.28. The van der Waals surface area contributed by atoms with Crippen LogP contribution in [0.3, 0.4) is 0 Å². The van der Waals surface area contributed by atoms with Crippen molar-refractivity contribution in [3.8, 4) is 34.1 Å². The summed E-state index contributed by atoms with van der Waals surface area (Å²) in [5.41, 5.74) is 7.25. The summed E-state index contributed by atoms with van der Waals surface area (Å²) in [4.78, 5) is 15.1. The normalized spacial score (nSPS) is 16.7. The maximum atomic E-state index is 5.51. The van der Waals surface area contributed by atoms with Crippen LogP contribution in [0.2, 0.25) is 0 Å². The third-order valence-electron chi connectivity index (χ3n) is 8.12. The van der Waals surface area contributed by atoms with Gasteiger partial charge in [0.25, 0.3) is 0 Å². The van der Waals surface area contributed by atoms with E-state index in [4.69, 9.17) is 19.4 Å². The van der Waals surface area contributed by atoms with Gasteiger partial charge >= 0.3 is 0 Å². The summed E-state index contributed by atoms with van der Waals surface area (Å²) >= 11 is 0. The molecule has 1 saturated carbocycles.